The maximum Gasteiger partial charge on any atom is 0.336 e. The SMILES string of the molecule is COc1ccccc1-n1c(=O)c2ccccc2n(Cc2ccc(C(=O)N3CCOCC3)cc2)c1=O. The highest BCUT2D eigenvalue weighted by atomic mass is 16.5. The molecule has 1 aliphatic heterocycles. The van der Waals surface area contributed by atoms with E-state index in [1.165, 1.54) is 7.11 Å². The van der Waals surface area contributed by atoms with E-state index in [0.29, 0.717) is 54.2 Å². The second-order valence-electron chi connectivity index (χ2n) is 8.30. The van der Waals surface area contributed by atoms with Gasteiger partial charge in [-0.05, 0) is 42.0 Å². The van der Waals surface area contributed by atoms with Gasteiger partial charge >= 0.3 is 5.69 Å². The van der Waals surface area contributed by atoms with Crippen LogP contribution in [0.3, 0.4) is 0 Å². The van der Waals surface area contributed by atoms with E-state index in [1.807, 2.05) is 12.1 Å². The molecule has 0 aliphatic carbocycles. The van der Waals surface area contributed by atoms with Crippen molar-refractivity contribution in [2.45, 2.75) is 6.54 Å². The van der Waals surface area contributed by atoms with Crippen molar-refractivity contribution in [3.63, 3.8) is 0 Å². The zero-order chi connectivity index (χ0) is 24.4. The number of amides is 1. The van der Waals surface area contributed by atoms with Crippen LogP contribution in [0, 0.1) is 0 Å². The Hall–Kier alpha value is -4.17. The van der Waals surface area contributed by atoms with Gasteiger partial charge in [0, 0.05) is 18.7 Å². The third-order valence-electron chi connectivity index (χ3n) is 6.22. The first-order valence-corrected chi connectivity index (χ1v) is 11.4. The Morgan fingerprint density at radius 2 is 1.60 bits per heavy atom. The molecule has 1 fully saturated rings. The van der Waals surface area contributed by atoms with E-state index in [9.17, 15) is 14.4 Å². The molecular formula is C27H25N3O5. The third-order valence-corrected chi connectivity index (χ3v) is 6.22. The van der Waals surface area contributed by atoms with Crippen molar-refractivity contribution in [1.29, 1.82) is 0 Å². The van der Waals surface area contributed by atoms with Crippen LogP contribution in [-0.4, -0.2) is 53.4 Å². The first kappa shape index (κ1) is 22.6. The van der Waals surface area contributed by atoms with Crippen LogP contribution in [-0.2, 0) is 11.3 Å². The Labute approximate surface area is 201 Å². The molecule has 0 bridgehead atoms. The van der Waals surface area contributed by atoms with Crippen LogP contribution in [0.15, 0.2) is 82.4 Å². The minimum atomic E-state index is -0.466. The summed E-state index contributed by atoms with van der Waals surface area (Å²) in [5.74, 6) is 0.395. The molecule has 1 saturated heterocycles. The predicted molar refractivity (Wildman–Crippen MR) is 133 cm³/mol. The van der Waals surface area contributed by atoms with Crippen LogP contribution in [0.5, 0.6) is 5.75 Å². The lowest BCUT2D eigenvalue weighted by molar-refractivity contribution is 0.0303. The molecule has 1 amide bonds. The number of benzene rings is 3. The molecule has 0 saturated carbocycles. The molecule has 0 atom stereocenters. The minimum absolute atomic E-state index is 0.0350. The van der Waals surface area contributed by atoms with Gasteiger partial charge in [0.15, 0.2) is 0 Å². The molecule has 3 aromatic carbocycles. The molecule has 1 aliphatic rings. The van der Waals surface area contributed by atoms with E-state index >= 15 is 0 Å². The smallest absolute Gasteiger partial charge is 0.336 e. The van der Waals surface area contributed by atoms with Crippen molar-refractivity contribution in [2.75, 3.05) is 33.4 Å². The number of methoxy groups -OCH3 is 1. The number of ether oxygens (including phenoxy) is 2. The zero-order valence-corrected chi connectivity index (χ0v) is 19.3. The highest BCUT2D eigenvalue weighted by Crippen LogP contribution is 2.21. The average Bonchev–Trinajstić information content (AvgIpc) is 2.92. The summed E-state index contributed by atoms with van der Waals surface area (Å²) in [7, 11) is 1.50. The highest BCUT2D eigenvalue weighted by Gasteiger charge is 2.19. The van der Waals surface area contributed by atoms with E-state index in [4.69, 9.17) is 9.47 Å². The van der Waals surface area contributed by atoms with Crippen LogP contribution in [0.1, 0.15) is 15.9 Å². The Kier molecular flexibility index (Phi) is 6.20. The molecule has 5 rings (SSSR count). The molecule has 4 aromatic rings. The number of carbonyl (C=O) groups excluding carboxylic acids is 1. The van der Waals surface area contributed by atoms with Crippen LogP contribution < -0.4 is 16.0 Å². The van der Waals surface area contributed by atoms with Gasteiger partial charge < -0.3 is 14.4 Å². The normalized spacial score (nSPS) is 13.7. The number of rotatable bonds is 5. The van der Waals surface area contributed by atoms with Gasteiger partial charge in [0.2, 0.25) is 0 Å². The quantitative estimate of drug-likeness (QED) is 0.447. The van der Waals surface area contributed by atoms with Crippen LogP contribution >= 0.6 is 0 Å². The average molecular weight is 472 g/mol. The lowest BCUT2D eigenvalue weighted by Gasteiger charge is -2.26. The summed E-state index contributed by atoms with van der Waals surface area (Å²) in [6.45, 7) is 2.48. The second kappa shape index (κ2) is 9.60. The molecule has 35 heavy (non-hydrogen) atoms. The first-order valence-electron chi connectivity index (χ1n) is 11.4. The zero-order valence-electron chi connectivity index (χ0n) is 19.3. The summed E-state index contributed by atoms with van der Waals surface area (Å²) in [5.41, 5.74) is 1.48. The van der Waals surface area contributed by atoms with Crippen molar-refractivity contribution >= 4 is 16.8 Å². The largest absolute Gasteiger partial charge is 0.495 e. The molecule has 0 N–H and O–H groups in total. The van der Waals surface area contributed by atoms with Gasteiger partial charge in [-0.1, -0.05) is 36.4 Å². The van der Waals surface area contributed by atoms with Gasteiger partial charge in [-0.15, -0.1) is 0 Å². The number of hydrogen-bond donors (Lipinski definition) is 0. The monoisotopic (exact) mass is 471 g/mol. The first-order chi connectivity index (χ1) is 17.1. The Balaban J connectivity index is 1.56. The molecule has 1 aromatic heterocycles. The standard InChI is InChI=1S/C27H25N3O5/c1-34-24-9-5-4-8-23(24)30-26(32)21-6-2-3-7-22(21)29(27(30)33)18-19-10-12-20(13-11-19)25(31)28-14-16-35-17-15-28/h2-13H,14-18H2,1H3. The van der Waals surface area contributed by atoms with E-state index in [2.05, 4.69) is 0 Å². The van der Waals surface area contributed by atoms with Gasteiger partial charge in [0.1, 0.15) is 5.75 Å². The van der Waals surface area contributed by atoms with Crippen LogP contribution in [0.25, 0.3) is 16.6 Å². The minimum Gasteiger partial charge on any atom is -0.495 e. The Morgan fingerprint density at radius 3 is 2.34 bits per heavy atom. The molecule has 0 spiro atoms. The van der Waals surface area contributed by atoms with Gasteiger partial charge in [0.05, 0.1) is 43.5 Å². The predicted octanol–water partition coefficient (Wildman–Crippen LogP) is 2.68. The van der Waals surface area contributed by atoms with E-state index in [-0.39, 0.29) is 12.5 Å². The third kappa shape index (κ3) is 4.24. The summed E-state index contributed by atoms with van der Waals surface area (Å²) < 4.78 is 13.5. The fourth-order valence-corrected chi connectivity index (χ4v) is 4.39. The summed E-state index contributed by atoms with van der Waals surface area (Å²) in [4.78, 5) is 41.5. The molecule has 2 heterocycles. The lowest BCUT2D eigenvalue weighted by atomic mass is 10.1. The summed E-state index contributed by atoms with van der Waals surface area (Å²) in [6.07, 6.45) is 0. The number of nitrogens with zero attached hydrogens (tertiary/aromatic N) is 3. The van der Waals surface area contributed by atoms with Gasteiger partial charge in [0.25, 0.3) is 11.5 Å². The van der Waals surface area contributed by atoms with Crippen molar-refractivity contribution in [3.8, 4) is 11.4 Å². The van der Waals surface area contributed by atoms with Gasteiger partial charge in [-0.25, -0.2) is 9.36 Å². The van der Waals surface area contributed by atoms with E-state index in [1.54, 1.807) is 70.1 Å². The second-order valence-corrected chi connectivity index (χ2v) is 8.30. The fraction of sp³-hybridized carbons (Fsp3) is 0.222. The molecule has 8 nitrogen and oxygen atoms in total. The van der Waals surface area contributed by atoms with E-state index < -0.39 is 11.2 Å². The van der Waals surface area contributed by atoms with Crippen LogP contribution in [0.4, 0.5) is 0 Å². The number of fused-ring (bicyclic) bond motifs is 1. The fourth-order valence-electron chi connectivity index (χ4n) is 4.39. The summed E-state index contributed by atoms with van der Waals surface area (Å²) >= 11 is 0. The Morgan fingerprint density at radius 1 is 0.914 bits per heavy atom. The topological polar surface area (TPSA) is 82.8 Å². The molecular weight excluding hydrogens is 446 g/mol. The van der Waals surface area contributed by atoms with Crippen LogP contribution in [0.2, 0.25) is 0 Å². The molecule has 0 radical (unpaired) electrons. The number of carbonyl (C=O) groups is 1. The summed E-state index contributed by atoms with van der Waals surface area (Å²) in [5, 5.41) is 0.428. The molecule has 8 heteroatoms. The van der Waals surface area contributed by atoms with Crippen molar-refractivity contribution < 1.29 is 14.3 Å². The lowest BCUT2D eigenvalue weighted by Crippen LogP contribution is -2.40. The summed E-state index contributed by atoms with van der Waals surface area (Å²) in [6, 6.07) is 21.2. The van der Waals surface area contributed by atoms with Gasteiger partial charge in [-0.3, -0.25) is 14.2 Å². The van der Waals surface area contributed by atoms with Crippen molar-refractivity contribution in [1.82, 2.24) is 14.0 Å². The van der Waals surface area contributed by atoms with E-state index in [0.717, 1.165) is 10.1 Å². The maximum atomic E-state index is 13.7. The number of morpholine rings is 1. The number of hydrogen-bond acceptors (Lipinski definition) is 5. The highest BCUT2D eigenvalue weighted by molar-refractivity contribution is 5.94. The Bertz CT molecular complexity index is 1500. The number of para-hydroxylation sites is 3. The maximum absolute atomic E-state index is 13.7. The van der Waals surface area contributed by atoms with Crippen molar-refractivity contribution in [3.05, 3.63) is 105 Å². The van der Waals surface area contributed by atoms with Crippen molar-refractivity contribution in [2.24, 2.45) is 0 Å². The van der Waals surface area contributed by atoms with Gasteiger partial charge in [-0.2, -0.15) is 0 Å². The molecule has 0 unspecified atom stereocenters. The number of aromatic nitrogens is 2. The molecule has 178 valence electrons.